The second kappa shape index (κ2) is 4.85. The summed E-state index contributed by atoms with van der Waals surface area (Å²) < 4.78 is 12.3. The average Bonchev–Trinajstić information content (AvgIpc) is 2.90. The Kier molecular flexibility index (Phi) is 3.54. The van der Waals surface area contributed by atoms with Crippen LogP contribution in [0.1, 0.15) is 43.5 Å². The van der Waals surface area contributed by atoms with Crippen molar-refractivity contribution in [3.63, 3.8) is 0 Å². The van der Waals surface area contributed by atoms with Crippen LogP contribution in [0.4, 0.5) is 5.82 Å². The maximum absolute atomic E-state index is 11.7. The average molecular weight is 267 g/mol. The predicted molar refractivity (Wildman–Crippen MR) is 71.0 cm³/mol. The van der Waals surface area contributed by atoms with Gasteiger partial charge < -0.3 is 19.8 Å². The van der Waals surface area contributed by atoms with Gasteiger partial charge in [-0.05, 0) is 20.3 Å². The van der Waals surface area contributed by atoms with E-state index in [2.05, 4.69) is 11.9 Å². The summed E-state index contributed by atoms with van der Waals surface area (Å²) in [7, 11) is 1.33. The monoisotopic (exact) mass is 267 g/mol. The Morgan fingerprint density at radius 2 is 2.37 bits per heavy atom. The van der Waals surface area contributed by atoms with Crippen molar-refractivity contribution in [3.05, 3.63) is 11.5 Å². The van der Waals surface area contributed by atoms with Gasteiger partial charge in [0.1, 0.15) is 11.6 Å². The number of aromatic nitrogens is 2. The molecule has 0 amide bonds. The van der Waals surface area contributed by atoms with Crippen LogP contribution in [0.5, 0.6) is 0 Å². The van der Waals surface area contributed by atoms with E-state index < -0.39 is 5.97 Å². The third-order valence-corrected chi connectivity index (χ3v) is 4.04. The van der Waals surface area contributed by atoms with Gasteiger partial charge in [-0.25, -0.2) is 9.78 Å². The standard InChI is InChI=1S/C13H21N3O3/c1-5-9-15-10(12(17)18-4)11(14)16(9)13(3)6-7-19-8(13)2/h8H,5-7,14H2,1-4H3. The highest BCUT2D eigenvalue weighted by Crippen LogP contribution is 2.37. The molecule has 2 N–H and O–H groups in total. The number of nitrogens with two attached hydrogens (primary N) is 1. The Labute approximate surface area is 112 Å². The summed E-state index contributed by atoms with van der Waals surface area (Å²) in [5.74, 6) is 0.655. The number of nitrogens with zero attached hydrogens (tertiary/aromatic N) is 2. The summed E-state index contributed by atoms with van der Waals surface area (Å²) >= 11 is 0. The lowest BCUT2D eigenvalue weighted by atomic mass is 9.94. The fourth-order valence-corrected chi connectivity index (χ4v) is 2.65. The first-order valence-corrected chi connectivity index (χ1v) is 6.53. The molecule has 0 bridgehead atoms. The van der Waals surface area contributed by atoms with Crippen molar-refractivity contribution in [1.82, 2.24) is 9.55 Å². The van der Waals surface area contributed by atoms with Crippen molar-refractivity contribution in [1.29, 1.82) is 0 Å². The first-order valence-electron chi connectivity index (χ1n) is 6.53. The fraction of sp³-hybridized carbons (Fsp3) is 0.692. The molecule has 106 valence electrons. The molecular formula is C13H21N3O3. The molecular weight excluding hydrogens is 246 g/mol. The molecule has 19 heavy (non-hydrogen) atoms. The van der Waals surface area contributed by atoms with Crippen molar-refractivity contribution in [2.45, 2.75) is 45.3 Å². The number of methoxy groups -OCH3 is 1. The summed E-state index contributed by atoms with van der Waals surface area (Å²) in [6.45, 7) is 6.78. The molecule has 0 radical (unpaired) electrons. The number of carbonyl (C=O) groups excluding carboxylic acids is 1. The minimum Gasteiger partial charge on any atom is -0.464 e. The summed E-state index contributed by atoms with van der Waals surface area (Å²) in [5.41, 5.74) is 6.05. The highest BCUT2D eigenvalue weighted by molar-refractivity contribution is 5.92. The zero-order valence-corrected chi connectivity index (χ0v) is 11.9. The number of hydrogen-bond donors (Lipinski definition) is 1. The summed E-state index contributed by atoms with van der Waals surface area (Å²) in [5, 5.41) is 0. The summed E-state index contributed by atoms with van der Waals surface area (Å²) in [4.78, 5) is 16.0. The van der Waals surface area contributed by atoms with Gasteiger partial charge >= 0.3 is 5.97 Å². The maximum atomic E-state index is 11.7. The molecule has 6 nitrogen and oxygen atoms in total. The molecule has 1 aromatic heterocycles. The molecule has 1 aromatic rings. The summed E-state index contributed by atoms with van der Waals surface area (Å²) in [6, 6.07) is 0. The minimum absolute atomic E-state index is 0.0276. The van der Waals surface area contributed by atoms with Crippen LogP contribution in [0.25, 0.3) is 0 Å². The predicted octanol–water partition coefficient (Wildman–Crippen LogP) is 1.34. The van der Waals surface area contributed by atoms with Crippen molar-refractivity contribution in [3.8, 4) is 0 Å². The Morgan fingerprint density at radius 3 is 2.84 bits per heavy atom. The fourth-order valence-electron chi connectivity index (χ4n) is 2.65. The number of ether oxygens (including phenoxy) is 2. The minimum atomic E-state index is -0.499. The zero-order valence-electron chi connectivity index (χ0n) is 11.9. The number of imidazole rings is 1. The lowest BCUT2D eigenvalue weighted by Crippen LogP contribution is -2.38. The molecule has 0 aliphatic carbocycles. The number of esters is 1. The van der Waals surface area contributed by atoms with Crippen molar-refractivity contribution in [2.24, 2.45) is 0 Å². The molecule has 6 heteroatoms. The van der Waals surface area contributed by atoms with Gasteiger partial charge in [0.15, 0.2) is 5.69 Å². The lowest BCUT2D eigenvalue weighted by molar-refractivity contribution is 0.0594. The molecule has 2 atom stereocenters. The maximum Gasteiger partial charge on any atom is 0.360 e. The third kappa shape index (κ3) is 2.00. The summed E-state index contributed by atoms with van der Waals surface area (Å²) in [6.07, 6.45) is 1.58. The van der Waals surface area contributed by atoms with Crippen LogP contribution in [0.3, 0.4) is 0 Å². The van der Waals surface area contributed by atoms with Gasteiger partial charge in [-0.15, -0.1) is 0 Å². The molecule has 2 rings (SSSR count). The Hall–Kier alpha value is -1.56. The first kappa shape index (κ1) is 13.9. The van der Waals surface area contributed by atoms with Crippen LogP contribution in [0, 0.1) is 0 Å². The number of carbonyl (C=O) groups is 1. The van der Waals surface area contributed by atoms with Crippen LogP contribution in [-0.2, 0) is 21.4 Å². The van der Waals surface area contributed by atoms with Crippen molar-refractivity contribution in [2.75, 3.05) is 19.5 Å². The second-order valence-electron chi connectivity index (χ2n) is 5.06. The topological polar surface area (TPSA) is 79.4 Å². The van der Waals surface area contributed by atoms with E-state index in [-0.39, 0.29) is 17.3 Å². The highest BCUT2D eigenvalue weighted by Gasteiger charge is 2.42. The van der Waals surface area contributed by atoms with Gasteiger partial charge in [0.25, 0.3) is 0 Å². The normalized spacial score (nSPS) is 26.6. The van der Waals surface area contributed by atoms with Gasteiger partial charge in [-0.2, -0.15) is 0 Å². The van der Waals surface area contributed by atoms with Gasteiger partial charge in [0.05, 0.1) is 18.8 Å². The molecule has 0 spiro atoms. The van der Waals surface area contributed by atoms with E-state index in [0.717, 1.165) is 12.2 Å². The molecule has 1 saturated heterocycles. The van der Waals surface area contributed by atoms with Gasteiger partial charge in [-0.3, -0.25) is 0 Å². The number of aryl methyl sites for hydroxylation is 1. The van der Waals surface area contributed by atoms with E-state index in [1.165, 1.54) is 7.11 Å². The molecule has 0 aromatic carbocycles. The quantitative estimate of drug-likeness (QED) is 0.836. The lowest BCUT2D eigenvalue weighted by Gasteiger charge is -2.32. The van der Waals surface area contributed by atoms with E-state index in [1.807, 2.05) is 18.4 Å². The van der Waals surface area contributed by atoms with Crippen LogP contribution < -0.4 is 5.73 Å². The van der Waals surface area contributed by atoms with Crippen LogP contribution in [-0.4, -0.2) is 35.3 Å². The number of hydrogen-bond acceptors (Lipinski definition) is 5. The van der Waals surface area contributed by atoms with Crippen LogP contribution in [0.15, 0.2) is 0 Å². The molecule has 1 fully saturated rings. The van der Waals surface area contributed by atoms with Crippen LogP contribution >= 0.6 is 0 Å². The van der Waals surface area contributed by atoms with E-state index in [9.17, 15) is 4.79 Å². The third-order valence-electron chi connectivity index (χ3n) is 4.04. The zero-order chi connectivity index (χ0) is 14.2. The molecule has 2 unspecified atom stereocenters. The first-order chi connectivity index (χ1) is 8.95. The van der Waals surface area contributed by atoms with Crippen LogP contribution in [0.2, 0.25) is 0 Å². The van der Waals surface area contributed by atoms with Gasteiger partial charge in [0.2, 0.25) is 0 Å². The Balaban J connectivity index is 2.56. The molecule has 1 aliphatic rings. The number of nitrogen functional groups attached to an aromatic ring is 1. The highest BCUT2D eigenvalue weighted by atomic mass is 16.5. The largest absolute Gasteiger partial charge is 0.464 e. The van der Waals surface area contributed by atoms with E-state index in [0.29, 0.717) is 18.8 Å². The van der Waals surface area contributed by atoms with Crippen molar-refractivity contribution < 1.29 is 14.3 Å². The molecule has 1 aliphatic heterocycles. The Bertz CT molecular complexity index is 498. The number of rotatable bonds is 3. The SMILES string of the molecule is CCc1nc(C(=O)OC)c(N)n1C1(C)CCOC1C. The van der Waals surface area contributed by atoms with E-state index >= 15 is 0 Å². The van der Waals surface area contributed by atoms with E-state index in [1.54, 1.807) is 0 Å². The van der Waals surface area contributed by atoms with Gasteiger partial charge in [0, 0.05) is 13.0 Å². The van der Waals surface area contributed by atoms with E-state index in [4.69, 9.17) is 15.2 Å². The van der Waals surface area contributed by atoms with Gasteiger partial charge in [-0.1, -0.05) is 6.92 Å². The van der Waals surface area contributed by atoms with Crippen molar-refractivity contribution >= 4 is 11.8 Å². The second-order valence-corrected chi connectivity index (χ2v) is 5.06. The smallest absolute Gasteiger partial charge is 0.360 e. The Morgan fingerprint density at radius 1 is 1.68 bits per heavy atom. The molecule has 2 heterocycles. The number of anilines is 1. The molecule has 0 saturated carbocycles.